The summed E-state index contributed by atoms with van der Waals surface area (Å²) in [6, 6.07) is 0. The summed E-state index contributed by atoms with van der Waals surface area (Å²) in [6.07, 6.45) is 7.97. The lowest BCUT2D eigenvalue weighted by atomic mass is 10.1. The van der Waals surface area contributed by atoms with Crippen LogP contribution < -0.4 is 0 Å². The van der Waals surface area contributed by atoms with Crippen molar-refractivity contribution in [3.8, 4) is 0 Å². The fourth-order valence-corrected chi connectivity index (χ4v) is 3.64. The summed E-state index contributed by atoms with van der Waals surface area (Å²) in [5.41, 5.74) is 3.15. The van der Waals surface area contributed by atoms with Crippen molar-refractivity contribution in [2.45, 2.75) is 80.1 Å². The van der Waals surface area contributed by atoms with Gasteiger partial charge in [0, 0.05) is 11.4 Å². The molecule has 1 aromatic rings. The number of hydrogen-bond acceptors (Lipinski definition) is 2. The van der Waals surface area contributed by atoms with Crippen LogP contribution in [0.4, 0.5) is 0 Å². The third-order valence-corrected chi connectivity index (χ3v) is 4.93. The second-order valence-corrected chi connectivity index (χ2v) is 6.50. The highest BCUT2D eigenvalue weighted by Gasteiger charge is 2.12. The number of piperidine rings is 1. The number of nitrogens with zero attached hydrogens (tertiary/aromatic N) is 1. The standard InChI is InChI=1S/C14H23NS.C3H8.C2H6/c1-3-14-13(12(2)11-16-14)7-10-15-8-5-4-6-9-15;1-3-2;1-2/h11H,3-10H2,1-2H3;3H2,1-2H3;1-2H3. The first-order valence-electron chi connectivity index (χ1n) is 9.01. The minimum absolute atomic E-state index is 1.20. The highest BCUT2D eigenvalue weighted by molar-refractivity contribution is 7.10. The Morgan fingerprint density at radius 2 is 1.62 bits per heavy atom. The Morgan fingerprint density at radius 1 is 1.05 bits per heavy atom. The van der Waals surface area contributed by atoms with Crippen molar-refractivity contribution in [2.24, 2.45) is 0 Å². The molecule has 0 N–H and O–H groups in total. The maximum Gasteiger partial charge on any atom is 0.00776 e. The van der Waals surface area contributed by atoms with Crippen LogP contribution in [0.3, 0.4) is 0 Å². The van der Waals surface area contributed by atoms with Crippen LogP contribution in [0.2, 0.25) is 0 Å². The number of aryl methyl sites for hydroxylation is 2. The summed E-state index contributed by atoms with van der Waals surface area (Å²) >= 11 is 1.94. The van der Waals surface area contributed by atoms with Gasteiger partial charge in [0.25, 0.3) is 0 Å². The molecule has 21 heavy (non-hydrogen) atoms. The van der Waals surface area contributed by atoms with E-state index >= 15 is 0 Å². The lowest BCUT2D eigenvalue weighted by Crippen LogP contribution is -2.31. The predicted octanol–water partition coefficient (Wildman–Crippen LogP) is 6.09. The molecule has 0 unspecified atom stereocenters. The quantitative estimate of drug-likeness (QED) is 0.650. The van der Waals surface area contributed by atoms with Crippen molar-refractivity contribution in [2.75, 3.05) is 19.6 Å². The van der Waals surface area contributed by atoms with E-state index in [0.717, 1.165) is 0 Å². The Morgan fingerprint density at radius 3 is 2.14 bits per heavy atom. The van der Waals surface area contributed by atoms with Gasteiger partial charge in [-0.3, -0.25) is 0 Å². The maximum atomic E-state index is 2.64. The number of rotatable bonds is 4. The van der Waals surface area contributed by atoms with Crippen LogP contribution in [0.1, 0.15) is 76.3 Å². The van der Waals surface area contributed by atoms with Crippen LogP contribution in [0, 0.1) is 6.92 Å². The first kappa shape index (κ1) is 20.7. The lowest BCUT2D eigenvalue weighted by Gasteiger charge is -2.26. The maximum absolute atomic E-state index is 2.64. The van der Waals surface area contributed by atoms with Gasteiger partial charge in [0.15, 0.2) is 0 Å². The number of likely N-dealkylation sites (tertiary alicyclic amines) is 1. The molecule has 0 aliphatic carbocycles. The normalized spacial score (nSPS) is 14.8. The van der Waals surface area contributed by atoms with Gasteiger partial charge in [0.2, 0.25) is 0 Å². The molecule has 2 rings (SSSR count). The van der Waals surface area contributed by atoms with Gasteiger partial charge in [0.1, 0.15) is 0 Å². The molecule has 0 aromatic carbocycles. The number of thiophene rings is 1. The van der Waals surface area contributed by atoms with E-state index in [9.17, 15) is 0 Å². The molecule has 1 saturated heterocycles. The van der Waals surface area contributed by atoms with Crippen LogP contribution in [-0.4, -0.2) is 24.5 Å². The molecule has 2 heteroatoms. The number of hydrogen-bond donors (Lipinski definition) is 0. The first-order chi connectivity index (χ1) is 10.2. The van der Waals surface area contributed by atoms with Crippen molar-refractivity contribution >= 4 is 11.3 Å². The zero-order valence-electron chi connectivity index (χ0n) is 15.3. The second-order valence-electron chi connectivity index (χ2n) is 5.53. The Kier molecular flexibility index (Phi) is 13.1. The molecule has 0 radical (unpaired) electrons. The molecule has 1 aliphatic rings. The molecule has 1 aromatic heterocycles. The van der Waals surface area contributed by atoms with Crippen LogP contribution in [-0.2, 0) is 12.8 Å². The van der Waals surface area contributed by atoms with Gasteiger partial charge in [-0.15, -0.1) is 11.3 Å². The van der Waals surface area contributed by atoms with E-state index in [1.165, 1.54) is 63.7 Å². The summed E-state index contributed by atoms with van der Waals surface area (Å²) in [5, 5.41) is 2.32. The van der Waals surface area contributed by atoms with Crippen LogP contribution in [0.5, 0.6) is 0 Å². The zero-order chi connectivity index (χ0) is 16.1. The van der Waals surface area contributed by atoms with Gasteiger partial charge in [-0.25, -0.2) is 0 Å². The Bertz CT molecular complexity index is 337. The molecule has 0 bridgehead atoms. The van der Waals surface area contributed by atoms with Crippen LogP contribution in [0.15, 0.2) is 5.38 Å². The SMILES string of the molecule is CC.CCC.CCc1scc(C)c1CCN1CCCCC1. The molecule has 2 heterocycles. The minimum atomic E-state index is 1.20. The molecular formula is C19H37NS. The van der Waals surface area contributed by atoms with E-state index in [-0.39, 0.29) is 0 Å². The van der Waals surface area contributed by atoms with Gasteiger partial charge < -0.3 is 4.90 Å². The third-order valence-electron chi connectivity index (χ3n) is 3.64. The Balaban J connectivity index is 0.000000713. The van der Waals surface area contributed by atoms with Crippen LogP contribution in [0.25, 0.3) is 0 Å². The van der Waals surface area contributed by atoms with Crippen molar-refractivity contribution in [1.29, 1.82) is 0 Å². The summed E-state index contributed by atoms with van der Waals surface area (Å²) in [7, 11) is 0. The van der Waals surface area contributed by atoms with Crippen molar-refractivity contribution in [1.82, 2.24) is 4.90 Å². The monoisotopic (exact) mass is 311 g/mol. The Hall–Kier alpha value is -0.340. The lowest BCUT2D eigenvalue weighted by molar-refractivity contribution is 0.231. The van der Waals surface area contributed by atoms with Crippen molar-refractivity contribution < 1.29 is 0 Å². The zero-order valence-corrected chi connectivity index (χ0v) is 16.1. The van der Waals surface area contributed by atoms with Gasteiger partial charge >= 0.3 is 0 Å². The van der Waals surface area contributed by atoms with Gasteiger partial charge in [-0.2, -0.15) is 0 Å². The van der Waals surface area contributed by atoms with E-state index in [1.54, 1.807) is 10.4 Å². The fourth-order valence-electron chi connectivity index (χ4n) is 2.61. The largest absolute Gasteiger partial charge is 0.303 e. The average molecular weight is 312 g/mol. The van der Waals surface area contributed by atoms with Gasteiger partial charge in [-0.05, 0) is 62.2 Å². The summed E-state index contributed by atoms with van der Waals surface area (Å²) in [4.78, 5) is 4.24. The van der Waals surface area contributed by atoms with Gasteiger partial charge in [-0.1, -0.05) is 47.5 Å². The topological polar surface area (TPSA) is 3.24 Å². The highest BCUT2D eigenvalue weighted by Crippen LogP contribution is 2.23. The fraction of sp³-hybridized carbons (Fsp3) is 0.789. The molecule has 124 valence electrons. The summed E-state index contributed by atoms with van der Waals surface area (Å²) in [5.74, 6) is 0. The summed E-state index contributed by atoms with van der Waals surface area (Å²) in [6.45, 7) is 16.7. The molecule has 0 spiro atoms. The van der Waals surface area contributed by atoms with E-state index in [4.69, 9.17) is 0 Å². The van der Waals surface area contributed by atoms with Crippen molar-refractivity contribution in [3.63, 3.8) is 0 Å². The minimum Gasteiger partial charge on any atom is -0.303 e. The highest BCUT2D eigenvalue weighted by atomic mass is 32.1. The van der Waals surface area contributed by atoms with Gasteiger partial charge in [0.05, 0.1) is 0 Å². The molecule has 0 saturated carbocycles. The molecule has 1 fully saturated rings. The predicted molar refractivity (Wildman–Crippen MR) is 99.7 cm³/mol. The summed E-state index contributed by atoms with van der Waals surface area (Å²) < 4.78 is 0. The second kappa shape index (κ2) is 13.3. The van der Waals surface area contributed by atoms with E-state index in [2.05, 4.69) is 38.0 Å². The smallest absolute Gasteiger partial charge is 0.00776 e. The molecule has 0 atom stereocenters. The molecule has 1 aliphatic heterocycles. The Labute approximate surface area is 137 Å². The van der Waals surface area contributed by atoms with E-state index < -0.39 is 0 Å². The van der Waals surface area contributed by atoms with E-state index in [0.29, 0.717) is 0 Å². The van der Waals surface area contributed by atoms with Crippen LogP contribution >= 0.6 is 11.3 Å². The van der Waals surface area contributed by atoms with Crippen molar-refractivity contribution in [3.05, 3.63) is 21.4 Å². The molecule has 0 amide bonds. The third kappa shape index (κ3) is 8.01. The average Bonchev–Trinajstić information content (AvgIpc) is 2.89. The first-order valence-corrected chi connectivity index (χ1v) is 9.89. The molecule has 1 nitrogen and oxygen atoms in total. The van der Waals surface area contributed by atoms with E-state index in [1.807, 2.05) is 25.2 Å². The molecular weight excluding hydrogens is 274 g/mol.